The van der Waals surface area contributed by atoms with Crippen LogP contribution < -0.4 is 5.73 Å². The standard InChI is InChI=1S/C13H11F2N/c1-8-2-3-9(6-13(8)16)11-5-4-10(14)7-12(11)15/h2-7H,16H2,1H3. The lowest BCUT2D eigenvalue weighted by atomic mass is 10.0. The van der Waals surface area contributed by atoms with E-state index in [1.165, 1.54) is 12.1 Å². The SMILES string of the molecule is Cc1ccc(-c2ccc(F)cc2F)cc1N. The molecule has 2 N–H and O–H groups in total. The number of nitrogen functional groups attached to an aromatic ring is 1. The maximum Gasteiger partial charge on any atom is 0.133 e. The zero-order valence-electron chi connectivity index (χ0n) is 8.80. The molecule has 2 aromatic carbocycles. The van der Waals surface area contributed by atoms with Gasteiger partial charge in [-0.1, -0.05) is 12.1 Å². The van der Waals surface area contributed by atoms with Crippen molar-refractivity contribution >= 4 is 5.69 Å². The van der Waals surface area contributed by atoms with Crippen LogP contribution in [0.5, 0.6) is 0 Å². The van der Waals surface area contributed by atoms with Gasteiger partial charge in [-0.05, 0) is 36.2 Å². The normalized spacial score (nSPS) is 10.4. The van der Waals surface area contributed by atoms with Crippen LogP contribution in [0, 0.1) is 18.6 Å². The van der Waals surface area contributed by atoms with Crippen molar-refractivity contribution in [2.45, 2.75) is 6.92 Å². The molecule has 0 bridgehead atoms. The molecule has 16 heavy (non-hydrogen) atoms. The largest absolute Gasteiger partial charge is 0.398 e. The molecule has 0 aliphatic heterocycles. The molecular formula is C13H11F2N. The van der Waals surface area contributed by atoms with Gasteiger partial charge in [0.15, 0.2) is 0 Å². The Bertz CT molecular complexity index is 535. The van der Waals surface area contributed by atoms with Crippen LogP contribution in [0.2, 0.25) is 0 Å². The molecule has 0 aliphatic carbocycles. The molecule has 0 aromatic heterocycles. The second kappa shape index (κ2) is 3.93. The maximum absolute atomic E-state index is 13.5. The van der Waals surface area contributed by atoms with Crippen molar-refractivity contribution in [2.24, 2.45) is 0 Å². The number of nitrogens with two attached hydrogens (primary N) is 1. The zero-order chi connectivity index (χ0) is 11.7. The second-order valence-electron chi connectivity index (χ2n) is 3.70. The molecule has 0 unspecified atom stereocenters. The molecule has 0 heterocycles. The van der Waals surface area contributed by atoms with Crippen LogP contribution in [0.1, 0.15) is 5.56 Å². The van der Waals surface area contributed by atoms with E-state index in [1.807, 2.05) is 13.0 Å². The van der Waals surface area contributed by atoms with Crippen LogP contribution in [0.4, 0.5) is 14.5 Å². The van der Waals surface area contributed by atoms with Gasteiger partial charge in [0, 0.05) is 17.3 Å². The number of rotatable bonds is 1. The number of aryl methyl sites for hydroxylation is 1. The van der Waals surface area contributed by atoms with Crippen molar-refractivity contribution in [1.82, 2.24) is 0 Å². The number of anilines is 1. The number of hydrogen-bond donors (Lipinski definition) is 1. The molecule has 0 saturated heterocycles. The second-order valence-corrected chi connectivity index (χ2v) is 3.70. The lowest BCUT2D eigenvalue weighted by Crippen LogP contribution is -1.91. The van der Waals surface area contributed by atoms with E-state index in [0.29, 0.717) is 16.8 Å². The molecular weight excluding hydrogens is 208 g/mol. The average Bonchev–Trinajstić information content (AvgIpc) is 2.22. The summed E-state index contributed by atoms with van der Waals surface area (Å²) in [6.45, 7) is 1.88. The summed E-state index contributed by atoms with van der Waals surface area (Å²) in [4.78, 5) is 0. The van der Waals surface area contributed by atoms with Gasteiger partial charge in [0.2, 0.25) is 0 Å². The molecule has 3 heteroatoms. The van der Waals surface area contributed by atoms with Crippen molar-refractivity contribution in [1.29, 1.82) is 0 Å². The quantitative estimate of drug-likeness (QED) is 0.729. The molecule has 0 atom stereocenters. The molecule has 0 aliphatic rings. The van der Waals surface area contributed by atoms with E-state index in [9.17, 15) is 8.78 Å². The number of halogens is 2. The third kappa shape index (κ3) is 1.89. The minimum absolute atomic E-state index is 0.355. The average molecular weight is 219 g/mol. The van der Waals surface area contributed by atoms with Crippen LogP contribution in [0.15, 0.2) is 36.4 Å². The van der Waals surface area contributed by atoms with Gasteiger partial charge in [0.25, 0.3) is 0 Å². The molecule has 2 rings (SSSR count). The highest BCUT2D eigenvalue weighted by atomic mass is 19.1. The van der Waals surface area contributed by atoms with E-state index in [1.54, 1.807) is 12.1 Å². The predicted molar refractivity (Wildman–Crippen MR) is 60.9 cm³/mol. The Morgan fingerprint density at radius 2 is 1.75 bits per heavy atom. The van der Waals surface area contributed by atoms with Gasteiger partial charge in [-0.25, -0.2) is 8.78 Å². The summed E-state index contributed by atoms with van der Waals surface area (Å²) in [5.41, 5.74) is 8.28. The Kier molecular flexibility index (Phi) is 2.60. The lowest BCUT2D eigenvalue weighted by Gasteiger charge is -2.06. The van der Waals surface area contributed by atoms with Gasteiger partial charge < -0.3 is 5.73 Å². The van der Waals surface area contributed by atoms with Crippen molar-refractivity contribution in [3.8, 4) is 11.1 Å². The van der Waals surface area contributed by atoms with E-state index in [-0.39, 0.29) is 0 Å². The smallest absolute Gasteiger partial charge is 0.133 e. The van der Waals surface area contributed by atoms with Crippen LogP contribution in [0.25, 0.3) is 11.1 Å². The fourth-order valence-electron chi connectivity index (χ4n) is 1.53. The van der Waals surface area contributed by atoms with Crippen molar-refractivity contribution in [3.05, 3.63) is 53.6 Å². The molecule has 2 aromatic rings. The van der Waals surface area contributed by atoms with Crippen LogP contribution in [-0.2, 0) is 0 Å². The summed E-state index contributed by atoms with van der Waals surface area (Å²) < 4.78 is 26.2. The molecule has 0 saturated carbocycles. The first-order valence-electron chi connectivity index (χ1n) is 4.89. The predicted octanol–water partition coefficient (Wildman–Crippen LogP) is 3.52. The van der Waals surface area contributed by atoms with Gasteiger partial charge >= 0.3 is 0 Å². The Balaban J connectivity index is 2.54. The van der Waals surface area contributed by atoms with E-state index >= 15 is 0 Å². The zero-order valence-corrected chi connectivity index (χ0v) is 8.80. The highest BCUT2D eigenvalue weighted by Gasteiger charge is 2.07. The summed E-state index contributed by atoms with van der Waals surface area (Å²) in [5.74, 6) is -1.16. The van der Waals surface area contributed by atoms with Crippen molar-refractivity contribution < 1.29 is 8.78 Å². The van der Waals surface area contributed by atoms with Gasteiger partial charge in [-0.3, -0.25) is 0 Å². The van der Waals surface area contributed by atoms with E-state index in [2.05, 4.69) is 0 Å². The highest BCUT2D eigenvalue weighted by molar-refractivity contribution is 5.69. The molecule has 0 radical (unpaired) electrons. The Morgan fingerprint density at radius 3 is 2.38 bits per heavy atom. The Labute approximate surface area is 92.5 Å². The van der Waals surface area contributed by atoms with Crippen molar-refractivity contribution in [3.63, 3.8) is 0 Å². The van der Waals surface area contributed by atoms with Crippen molar-refractivity contribution in [2.75, 3.05) is 5.73 Å². The Hall–Kier alpha value is -1.90. The Morgan fingerprint density at radius 1 is 1.00 bits per heavy atom. The fraction of sp³-hybridized carbons (Fsp3) is 0.0769. The lowest BCUT2D eigenvalue weighted by molar-refractivity contribution is 0.585. The third-order valence-electron chi connectivity index (χ3n) is 2.52. The van der Waals surface area contributed by atoms with Gasteiger partial charge in [0.05, 0.1) is 0 Å². The summed E-state index contributed by atoms with van der Waals surface area (Å²) in [6.07, 6.45) is 0. The molecule has 82 valence electrons. The van der Waals surface area contributed by atoms with E-state index in [4.69, 9.17) is 5.73 Å². The summed E-state index contributed by atoms with van der Waals surface area (Å²) in [7, 11) is 0. The van der Waals surface area contributed by atoms with Gasteiger partial charge in [-0.2, -0.15) is 0 Å². The molecule has 1 nitrogen and oxygen atoms in total. The monoisotopic (exact) mass is 219 g/mol. The van der Waals surface area contributed by atoms with E-state index in [0.717, 1.165) is 11.6 Å². The molecule has 0 fully saturated rings. The highest BCUT2D eigenvalue weighted by Crippen LogP contribution is 2.26. The number of benzene rings is 2. The minimum atomic E-state index is -0.582. The van der Waals surface area contributed by atoms with Crippen LogP contribution >= 0.6 is 0 Å². The van der Waals surface area contributed by atoms with Crippen LogP contribution in [-0.4, -0.2) is 0 Å². The van der Waals surface area contributed by atoms with Gasteiger partial charge in [-0.15, -0.1) is 0 Å². The van der Waals surface area contributed by atoms with Crippen LogP contribution in [0.3, 0.4) is 0 Å². The van der Waals surface area contributed by atoms with Gasteiger partial charge in [0.1, 0.15) is 11.6 Å². The first-order chi connectivity index (χ1) is 7.58. The maximum atomic E-state index is 13.5. The third-order valence-corrected chi connectivity index (χ3v) is 2.52. The number of hydrogen-bond acceptors (Lipinski definition) is 1. The first-order valence-corrected chi connectivity index (χ1v) is 4.89. The topological polar surface area (TPSA) is 26.0 Å². The molecule has 0 amide bonds. The minimum Gasteiger partial charge on any atom is -0.398 e. The summed E-state index contributed by atoms with van der Waals surface area (Å²) in [6, 6.07) is 8.77. The molecule has 0 spiro atoms. The summed E-state index contributed by atoms with van der Waals surface area (Å²) >= 11 is 0. The van der Waals surface area contributed by atoms with E-state index < -0.39 is 11.6 Å². The summed E-state index contributed by atoms with van der Waals surface area (Å²) in [5, 5.41) is 0. The fourth-order valence-corrected chi connectivity index (χ4v) is 1.53. The first kappa shape index (κ1) is 10.6.